The Bertz CT molecular complexity index is 702. The van der Waals surface area contributed by atoms with E-state index in [0.29, 0.717) is 23.9 Å². The van der Waals surface area contributed by atoms with E-state index < -0.39 is 0 Å². The van der Waals surface area contributed by atoms with Crippen LogP contribution in [0, 0.1) is 18.8 Å². The molecule has 1 heterocycles. The Labute approximate surface area is 156 Å². The highest BCUT2D eigenvalue weighted by molar-refractivity contribution is 5.72. The van der Waals surface area contributed by atoms with E-state index in [1.54, 1.807) is 12.4 Å². The van der Waals surface area contributed by atoms with E-state index in [-0.39, 0.29) is 5.97 Å². The standard InChI is InChI=1S/C22H28N2O2/c1-3-17-4-6-18(7-5-17)8-13-21(25)26-20-11-9-19(10-12-20)22-23-14-16(2)15-24-22/h9-12,14-15,17-18H,3-8,13H2,1-2H3. The van der Waals surface area contributed by atoms with Crippen LogP contribution < -0.4 is 4.74 Å². The van der Waals surface area contributed by atoms with Crippen molar-refractivity contribution in [3.8, 4) is 17.1 Å². The first-order valence-corrected chi connectivity index (χ1v) is 9.73. The monoisotopic (exact) mass is 352 g/mol. The lowest BCUT2D eigenvalue weighted by atomic mass is 9.79. The molecule has 0 N–H and O–H groups in total. The number of ether oxygens (including phenoxy) is 1. The molecule has 1 aromatic carbocycles. The molecule has 0 aliphatic heterocycles. The van der Waals surface area contributed by atoms with Gasteiger partial charge in [0.1, 0.15) is 5.75 Å². The lowest BCUT2D eigenvalue weighted by Gasteiger charge is -2.27. The largest absolute Gasteiger partial charge is 0.427 e. The molecule has 1 saturated carbocycles. The normalized spacial score (nSPS) is 19.9. The molecule has 0 amide bonds. The minimum atomic E-state index is -0.137. The molecule has 1 fully saturated rings. The highest BCUT2D eigenvalue weighted by Crippen LogP contribution is 2.33. The number of hydrogen-bond acceptors (Lipinski definition) is 4. The zero-order chi connectivity index (χ0) is 18.4. The van der Waals surface area contributed by atoms with Gasteiger partial charge in [0.05, 0.1) is 0 Å². The van der Waals surface area contributed by atoms with Crippen molar-refractivity contribution in [2.75, 3.05) is 0 Å². The predicted molar refractivity (Wildman–Crippen MR) is 103 cm³/mol. The number of rotatable bonds is 6. The Morgan fingerprint density at radius 1 is 1.04 bits per heavy atom. The van der Waals surface area contributed by atoms with E-state index in [4.69, 9.17) is 4.74 Å². The number of aromatic nitrogens is 2. The maximum absolute atomic E-state index is 12.1. The number of carbonyl (C=O) groups is 1. The molecule has 0 bridgehead atoms. The SMILES string of the molecule is CCC1CCC(CCC(=O)Oc2ccc(-c3ncc(C)cn3)cc2)CC1. The fourth-order valence-electron chi connectivity index (χ4n) is 3.65. The third-order valence-corrected chi connectivity index (χ3v) is 5.43. The van der Waals surface area contributed by atoms with Gasteiger partial charge in [0, 0.05) is 24.4 Å². The van der Waals surface area contributed by atoms with Gasteiger partial charge in [-0.05, 0) is 55.0 Å². The molecule has 0 unspecified atom stereocenters. The topological polar surface area (TPSA) is 52.1 Å². The highest BCUT2D eigenvalue weighted by atomic mass is 16.5. The molecule has 138 valence electrons. The second kappa shape index (κ2) is 8.93. The summed E-state index contributed by atoms with van der Waals surface area (Å²) in [7, 11) is 0. The maximum Gasteiger partial charge on any atom is 0.311 e. The molecular weight excluding hydrogens is 324 g/mol. The van der Waals surface area contributed by atoms with Crippen LogP contribution in [-0.2, 0) is 4.79 Å². The minimum Gasteiger partial charge on any atom is -0.427 e. The summed E-state index contributed by atoms with van der Waals surface area (Å²) in [5.74, 6) is 2.71. The van der Waals surface area contributed by atoms with Gasteiger partial charge in [-0.15, -0.1) is 0 Å². The van der Waals surface area contributed by atoms with Crippen molar-refractivity contribution in [1.29, 1.82) is 0 Å². The summed E-state index contributed by atoms with van der Waals surface area (Å²) in [5, 5.41) is 0. The fourth-order valence-corrected chi connectivity index (χ4v) is 3.65. The first kappa shape index (κ1) is 18.6. The second-order valence-electron chi connectivity index (χ2n) is 7.42. The lowest BCUT2D eigenvalue weighted by Crippen LogP contribution is -2.16. The van der Waals surface area contributed by atoms with Gasteiger partial charge in [-0.3, -0.25) is 4.79 Å². The van der Waals surface area contributed by atoms with Crippen LogP contribution in [-0.4, -0.2) is 15.9 Å². The van der Waals surface area contributed by atoms with Gasteiger partial charge in [0.2, 0.25) is 0 Å². The first-order chi connectivity index (χ1) is 12.6. The molecule has 1 aliphatic rings. The molecule has 4 heteroatoms. The molecule has 3 rings (SSSR count). The van der Waals surface area contributed by atoms with Crippen LogP contribution in [0.1, 0.15) is 57.4 Å². The quantitative estimate of drug-likeness (QED) is 0.519. The van der Waals surface area contributed by atoms with Crippen LogP contribution in [0.2, 0.25) is 0 Å². The number of esters is 1. The summed E-state index contributed by atoms with van der Waals surface area (Å²) in [6.07, 6.45) is 11.5. The van der Waals surface area contributed by atoms with Crippen molar-refractivity contribution in [3.63, 3.8) is 0 Å². The average Bonchev–Trinajstić information content (AvgIpc) is 2.68. The van der Waals surface area contributed by atoms with Crippen LogP contribution >= 0.6 is 0 Å². The van der Waals surface area contributed by atoms with Gasteiger partial charge < -0.3 is 4.74 Å². The molecule has 4 nitrogen and oxygen atoms in total. The Morgan fingerprint density at radius 3 is 2.27 bits per heavy atom. The van der Waals surface area contributed by atoms with Crippen molar-refractivity contribution in [3.05, 3.63) is 42.2 Å². The van der Waals surface area contributed by atoms with Crippen molar-refractivity contribution in [1.82, 2.24) is 9.97 Å². The molecule has 2 aromatic rings. The van der Waals surface area contributed by atoms with Crippen molar-refractivity contribution < 1.29 is 9.53 Å². The van der Waals surface area contributed by atoms with Gasteiger partial charge in [0.15, 0.2) is 5.82 Å². The molecule has 1 aliphatic carbocycles. The van der Waals surface area contributed by atoms with Gasteiger partial charge in [-0.2, -0.15) is 0 Å². The molecule has 1 aromatic heterocycles. The number of carbonyl (C=O) groups excluding carboxylic acids is 1. The summed E-state index contributed by atoms with van der Waals surface area (Å²) < 4.78 is 5.48. The van der Waals surface area contributed by atoms with Crippen LogP contribution in [0.25, 0.3) is 11.4 Å². The lowest BCUT2D eigenvalue weighted by molar-refractivity contribution is -0.134. The van der Waals surface area contributed by atoms with E-state index in [1.807, 2.05) is 31.2 Å². The van der Waals surface area contributed by atoms with E-state index in [9.17, 15) is 4.79 Å². The predicted octanol–water partition coefficient (Wildman–Crippen LogP) is 5.35. The smallest absolute Gasteiger partial charge is 0.311 e. The maximum atomic E-state index is 12.1. The summed E-state index contributed by atoms with van der Waals surface area (Å²) in [6.45, 7) is 4.24. The van der Waals surface area contributed by atoms with Gasteiger partial charge in [-0.1, -0.05) is 39.0 Å². The van der Waals surface area contributed by atoms with Crippen molar-refractivity contribution in [2.45, 2.75) is 58.8 Å². The van der Waals surface area contributed by atoms with Gasteiger partial charge in [-0.25, -0.2) is 9.97 Å². The third-order valence-electron chi connectivity index (χ3n) is 5.43. The van der Waals surface area contributed by atoms with E-state index in [0.717, 1.165) is 23.5 Å². The van der Waals surface area contributed by atoms with Crippen LogP contribution in [0.4, 0.5) is 0 Å². The van der Waals surface area contributed by atoms with Crippen LogP contribution in [0.3, 0.4) is 0 Å². The number of hydrogen-bond donors (Lipinski definition) is 0. The Kier molecular flexibility index (Phi) is 6.37. The first-order valence-electron chi connectivity index (χ1n) is 9.73. The van der Waals surface area contributed by atoms with E-state index in [1.165, 1.54) is 32.1 Å². The zero-order valence-corrected chi connectivity index (χ0v) is 15.8. The Balaban J connectivity index is 1.46. The Morgan fingerprint density at radius 2 is 1.65 bits per heavy atom. The second-order valence-corrected chi connectivity index (χ2v) is 7.42. The Hall–Kier alpha value is -2.23. The minimum absolute atomic E-state index is 0.137. The molecule has 0 spiro atoms. The summed E-state index contributed by atoms with van der Waals surface area (Å²) in [5.41, 5.74) is 1.94. The van der Waals surface area contributed by atoms with E-state index in [2.05, 4.69) is 16.9 Å². The molecule has 0 radical (unpaired) electrons. The fraction of sp³-hybridized carbons (Fsp3) is 0.500. The highest BCUT2D eigenvalue weighted by Gasteiger charge is 2.20. The average molecular weight is 352 g/mol. The van der Waals surface area contributed by atoms with Crippen LogP contribution in [0.15, 0.2) is 36.7 Å². The zero-order valence-electron chi connectivity index (χ0n) is 15.8. The van der Waals surface area contributed by atoms with E-state index >= 15 is 0 Å². The number of benzene rings is 1. The van der Waals surface area contributed by atoms with Crippen LogP contribution in [0.5, 0.6) is 5.75 Å². The summed E-state index contributed by atoms with van der Waals surface area (Å²) in [6, 6.07) is 7.39. The molecular formula is C22H28N2O2. The molecule has 0 atom stereocenters. The number of aryl methyl sites for hydroxylation is 1. The third kappa shape index (κ3) is 5.13. The summed E-state index contributed by atoms with van der Waals surface area (Å²) in [4.78, 5) is 20.7. The summed E-state index contributed by atoms with van der Waals surface area (Å²) >= 11 is 0. The van der Waals surface area contributed by atoms with Crippen molar-refractivity contribution in [2.24, 2.45) is 11.8 Å². The number of nitrogens with zero attached hydrogens (tertiary/aromatic N) is 2. The van der Waals surface area contributed by atoms with Crippen molar-refractivity contribution >= 4 is 5.97 Å². The molecule has 0 saturated heterocycles. The molecule has 26 heavy (non-hydrogen) atoms. The van der Waals surface area contributed by atoms with Gasteiger partial charge >= 0.3 is 5.97 Å². The van der Waals surface area contributed by atoms with Gasteiger partial charge in [0.25, 0.3) is 0 Å².